The SMILES string of the molecule is c1ccc(-c2nc(-c3cccc(-c4ccc5c(-c6ccc7cc8oc9c(-c%10nc(-c%11ccccc%11)nc(-c%11ccccc%11)n%10)cccc9c8cc7c6)cccc5c4)c3)nc(-c3cccc4c3oc3cc5ccc(-c6ccc7ccccc7c6)cc5cc34)n2)cc1. The molecule has 8 nitrogen and oxygen atoms in total. The van der Waals surface area contributed by atoms with Crippen LogP contribution in [0.2, 0.25) is 0 Å². The van der Waals surface area contributed by atoms with Gasteiger partial charge in [0.2, 0.25) is 0 Å². The second-order valence-corrected chi connectivity index (χ2v) is 23.0. The summed E-state index contributed by atoms with van der Waals surface area (Å²) < 4.78 is 13.6. The molecule has 4 aromatic heterocycles. The molecule has 0 saturated heterocycles. The summed E-state index contributed by atoms with van der Waals surface area (Å²) in [5, 5.41) is 13.2. The summed E-state index contributed by atoms with van der Waals surface area (Å²) >= 11 is 0. The quantitative estimate of drug-likeness (QED) is 0.141. The van der Waals surface area contributed by atoms with Gasteiger partial charge in [-0.2, -0.15) is 0 Å². The molecule has 0 unspecified atom stereocenters. The molecule has 0 N–H and O–H groups in total. The average Bonchev–Trinajstić information content (AvgIpc) is 1.68. The Bertz CT molecular complexity index is 5860. The largest absolute Gasteiger partial charge is 0.455 e. The molecule has 8 heteroatoms. The zero-order chi connectivity index (χ0) is 59.2. The highest BCUT2D eigenvalue weighted by Crippen LogP contribution is 2.42. The Morgan fingerprint density at radius 3 is 1.11 bits per heavy atom. The number of furan rings is 2. The maximum atomic E-state index is 6.83. The van der Waals surface area contributed by atoms with Crippen LogP contribution in [-0.2, 0) is 0 Å². The van der Waals surface area contributed by atoms with Crippen molar-refractivity contribution in [3.8, 4) is 102 Å². The summed E-state index contributed by atoms with van der Waals surface area (Å²) in [4.78, 5) is 30.6. The van der Waals surface area contributed by atoms with Crippen LogP contribution in [0.3, 0.4) is 0 Å². The molecule has 0 spiro atoms. The van der Waals surface area contributed by atoms with Gasteiger partial charge in [-0.05, 0) is 143 Å². The third-order valence-corrected chi connectivity index (χ3v) is 17.5. The highest BCUT2D eigenvalue weighted by Gasteiger charge is 2.22. The highest BCUT2D eigenvalue weighted by atomic mass is 16.3. The van der Waals surface area contributed by atoms with Crippen LogP contribution in [0.1, 0.15) is 0 Å². The minimum absolute atomic E-state index is 0.535. The summed E-state index contributed by atoms with van der Waals surface area (Å²) in [6.45, 7) is 0. The van der Waals surface area contributed by atoms with E-state index >= 15 is 0 Å². The summed E-state index contributed by atoms with van der Waals surface area (Å²) in [6.07, 6.45) is 0. The molecular weight excluding hydrogens is 1100 g/mol. The van der Waals surface area contributed by atoms with Crippen molar-refractivity contribution in [3.63, 3.8) is 0 Å². The predicted octanol–water partition coefficient (Wildman–Crippen LogP) is 21.5. The molecule has 418 valence electrons. The molecule has 0 fully saturated rings. The maximum Gasteiger partial charge on any atom is 0.167 e. The fourth-order valence-corrected chi connectivity index (χ4v) is 13.0. The number of fused-ring (bicyclic) bond motifs is 10. The Kier molecular flexibility index (Phi) is 11.7. The molecule has 0 bridgehead atoms. The number of nitrogens with zero attached hydrogens (tertiary/aromatic N) is 6. The van der Waals surface area contributed by atoms with Gasteiger partial charge in [-0.1, -0.05) is 224 Å². The van der Waals surface area contributed by atoms with E-state index in [0.717, 1.165) is 132 Å². The molecular formula is C82H48N6O2. The van der Waals surface area contributed by atoms with Crippen molar-refractivity contribution in [1.29, 1.82) is 0 Å². The van der Waals surface area contributed by atoms with Crippen molar-refractivity contribution in [2.45, 2.75) is 0 Å². The van der Waals surface area contributed by atoms with Crippen molar-refractivity contribution < 1.29 is 8.83 Å². The van der Waals surface area contributed by atoms with Crippen LogP contribution >= 0.6 is 0 Å². The van der Waals surface area contributed by atoms with E-state index in [-0.39, 0.29) is 0 Å². The average molecular weight is 1150 g/mol. The van der Waals surface area contributed by atoms with Crippen LogP contribution < -0.4 is 0 Å². The van der Waals surface area contributed by atoms with Crippen LogP contribution in [-0.4, -0.2) is 29.9 Å². The first-order chi connectivity index (χ1) is 44.5. The second kappa shape index (κ2) is 20.7. The van der Waals surface area contributed by atoms with Gasteiger partial charge in [-0.3, -0.25) is 0 Å². The lowest BCUT2D eigenvalue weighted by atomic mass is 9.93. The van der Waals surface area contributed by atoms with Crippen LogP contribution in [0.4, 0.5) is 0 Å². The first-order valence-corrected chi connectivity index (χ1v) is 30.1. The van der Waals surface area contributed by atoms with E-state index in [2.05, 4.69) is 188 Å². The first-order valence-electron chi connectivity index (χ1n) is 30.1. The first kappa shape index (κ1) is 51.0. The van der Waals surface area contributed by atoms with Gasteiger partial charge in [0.25, 0.3) is 0 Å². The van der Waals surface area contributed by atoms with Gasteiger partial charge in [0, 0.05) is 43.8 Å². The fraction of sp³-hybridized carbons (Fsp3) is 0. The molecule has 90 heavy (non-hydrogen) atoms. The van der Waals surface area contributed by atoms with Crippen LogP contribution in [0.25, 0.3) is 189 Å². The second-order valence-electron chi connectivity index (χ2n) is 23.0. The molecule has 0 aliphatic carbocycles. The van der Waals surface area contributed by atoms with Gasteiger partial charge in [0.15, 0.2) is 34.9 Å². The number of rotatable bonds is 9. The van der Waals surface area contributed by atoms with Crippen molar-refractivity contribution in [2.75, 3.05) is 0 Å². The maximum absolute atomic E-state index is 6.83. The molecule has 0 atom stereocenters. The van der Waals surface area contributed by atoms with Gasteiger partial charge < -0.3 is 8.83 Å². The monoisotopic (exact) mass is 1150 g/mol. The Morgan fingerprint density at radius 2 is 0.544 bits per heavy atom. The molecule has 0 aliphatic heterocycles. The van der Waals surface area contributed by atoms with Crippen LogP contribution in [0, 0.1) is 0 Å². The number of para-hydroxylation sites is 2. The number of hydrogen-bond acceptors (Lipinski definition) is 8. The number of benzene rings is 14. The zero-order valence-electron chi connectivity index (χ0n) is 48.2. The molecule has 0 saturated carbocycles. The molecule has 18 aromatic rings. The predicted molar refractivity (Wildman–Crippen MR) is 367 cm³/mol. The lowest BCUT2D eigenvalue weighted by molar-refractivity contribution is 0.669. The van der Waals surface area contributed by atoms with Gasteiger partial charge in [-0.15, -0.1) is 0 Å². The van der Waals surface area contributed by atoms with E-state index in [1.807, 2.05) is 103 Å². The number of hydrogen-bond donors (Lipinski definition) is 0. The van der Waals surface area contributed by atoms with Gasteiger partial charge in [0.1, 0.15) is 22.3 Å². The Hall–Kier alpha value is -12.3. The normalized spacial score (nSPS) is 11.8. The zero-order valence-corrected chi connectivity index (χ0v) is 48.2. The third kappa shape index (κ3) is 8.84. The minimum Gasteiger partial charge on any atom is -0.455 e. The summed E-state index contributed by atoms with van der Waals surface area (Å²) in [5.74, 6) is 3.44. The third-order valence-electron chi connectivity index (χ3n) is 17.5. The van der Waals surface area contributed by atoms with E-state index in [1.165, 1.54) is 21.9 Å². The Morgan fingerprint density at radius 1 is 0.178 bits per heavy atom. The van der Waals surface area contributed by atoms with Crippen molar-refractivity contribution >= 4 is 87.0 Å². The van der Waals surface area contributed by atoms with E-state index in [4.69, 9.17) is 38.7 Å². The van der Waals surface area contributed by atoms with Crippen molar-refractivity contribution in [1.82, 2.24) is 29.9 Å². The van der Waals surface area contributed by atoms with Gasteiger partial charge >= 0.3 is 0 Å². The highest BCUT2D eigenvalue weighted by molar-refractivity contribution is 6.15. The standard InChI is InChI=1S/C82H48N6O2/c1-4-17-50(18-5-1)77-83-78(51-19-6-2-7-20-51)86-81(85-77)69-30-14-29-68-72-46-64-44-61(37-36-59(64)48-74(72)90-75(68)69)65-27-13-25-60-41-57(38-39-66(60)65)54-24-12-26-62(42-54)80-84-79(52-21-8-3-9-22-52)87-82(88-80)70-31-15-28-67-71-45-63-43-56(34-35-58(63)47-73(71)89-76(67)70)55-33-32-49-16-10-11-23-53(49)40-55/h1-48H. The smallest absolute Gasteiger partial charge is 0.167 e. The molecule has 0 aliphatic rings. The van der Waals surface area contributed by atoms with E-state index in [1.54, 1.807) is 0 Å². The lowest BCUT2D eigenvalue weighted by Gasteiger charge is -2.12. The van der Waals surface area contributed by atoms with Gasteiger partial charge in [0.05, 0.1) is 11.1 Å². The summed E-state index contributed by atoms with van der Waals surface area (Å²) in [7, 11) is 0. The van der Waals surface area contributed by atoms with E-state index in [0.29, 0.717) is 34.9 Å². The summed E-state index contributed by atoms with van der Waals surface area (Å²) in [5.41, 5.74) is 15.0. The molecule has 0 radical (unpaired) electrons. The van der Waals surface area contributed by atoms with E-state index in [9.17, 15) is 0 Å². The van der Waals surface area contributed by atoms with Crippen molar-refractivity contribution in [3.05, 3.63) is 291 Å². The number of aromatic nitrogens is 6. The van der Waals surface area contributed by atoms with E-state index < -0.39 is 0 Å². The Labute approximate surface area is 515 Å². The molecule has 0 amide bonds. The lowest BCUT2D eigenvalue weighted by Crippen LogP contribution is -2.00. The molecule has 4 heterocycles. The molecule has 14 aromatic carbocycles. The fourth-order valence-electron chi connectivity index (χ4n) is 13.0. The van der Waals surface area contributed by atoms with Crippen LogP contribution in [0.5, 0.6) is 0 Å². The van der Waals surface area contributed by atoms with Crippen molar-refractivity contribution in [2.24, 2.45) is 0 Å². The van der Waals surface area contributed by atoms with Crippen LogP contribution in [0.15, 0.2) is 300 Å². The Balaban J connectivity index is 0.680. The summed E-state index contributed by atoms with van der Waals surface area (Å²) in [6, 6.07) is 102. The minimum atomic E-state index is 0.535. The topological polar surface area (TPSA) is 104 Å². The van der Waals surface area contributed by atoms with Gasteiger partial charge in [-0.25, -0.2) is 29.9 Å². The molecule has 18 rings (SSSR count).